The van der Waals surface area contributed by atoms with Gasteiger partial charge in [0.25, 0.3) is 11.8 Å². The molecule has 0 saturated carbocycles. The van der Waals surface area contributed by atoms with Crippen LogP contribution < -0.4 is 10.9 Å². The predicted molar refractivity (Wildman–Crippen MR) is 101 cm³/mol. The average Bonchev–Trinajstić information content (AvgIpc) is 2.75. The van der Waals surface area contributed by atoms with Crippen LogP contribution in [0.1, 0.15) is 32.4 Å². The van der Waals surface area contributed by atoms with Crippen molar-refractivity contribution >= 4 is 24.2 Å². The molecule has 0 bridgehead atoms. The first kappa shape index (κ1) is 18.5. The van der Waals surface area contributed by atoms with Gasteiger partial charge < -0.3 is 0 Å². The zero-order valence-electron chi connectivity index (χ0n) is 14.4. The molecular formula is C18H14N8O2. The lowest BCUT2D eigenvalue weighted by Gasteiger charge is -2.00. The molecule has 0 spiro atoms. The fraction of sp³-hybridized carbons (Fsp3) is 0. The lowest BCUT2D eigenvalue weighted by Crippen LogP contribution is -2.22. The van der Waals surface area contributed by atoms with Crippen molar-refractivity contribution in [3.05, 3.63) is 83.7 Å². The molecule has 10 nitrogen and oxygen atoms in total. The molecule has 3 rings (SSSR count). The number of carbonyl (C=O) groups excluding carboxylic acids is 2. The van der Waals surface area contributed by atoms with Crippen LogP contribution >= 0.6 is 0 Å². The van der Waals surface area contributed by atoms with Gasteiger partial charge in [-0.25, -0.2) is 10.9 Å². The van der Waals surface area contributed by atoms with Gasteiger partial charge in [-0.3, -0.25) is 19.6 Å². The highest BCUT2D eigenvalue weighted by atomic mass is 16.2. The quantitative estimate of drug-likeness (QED) is 0.484. The molecule has 2 amide bonds. The molecule has 2 N–H and O–H groups in total. The van der Waals surface area contributed by atoms with Crippen LogP contribution in [0.5, 0.6) is 0 Å². The Morgan fingerprint density at radius 2 is 1.18 bits per heavy atom. The Bertz CT molecular complexity index is 907. The van der Waals surface area contributed by atoms with Gasteiger partial charge >= 0.3 is 0 Å². The van der Waals surface area contributed by atoms with Crippen molar-refractivity contribution in [2.45, 2.75) is 0 Å². The van der Waals surface area contributed by atoms with Crippen molar-refractivity contribution in [1.29, 1.82) is 0 Å². The van der Waals surface area contributed by atoms with Crippen molar-refractivity contribution in [3.8, 4) is 0 Å². The normalized spacial score (nSPS) is 10.9. The van der Waals surface area contributed by atoms with E-state index in [9.17, 15) is 9.59 Å². The summed E-state index contributed by atoms with van der Waals surface area (Å²) in [7, 11) is 0. The summed E-state index contributed by atoms with van der Waals surface area (Å²) >= 11 is 0. The lowest BCUT2D eigenvalue weighted by molar-refractivity contribution is 0.0933. The molecule has 0 unspecified atom stereocenters. The summed E-state index contributed by atoms with van der Waals surface area (Å²) in [6.07, 6.45) is 6.01. The van der Waals surface area contributed by atoms with Gasteiger partial charge in [0.05, 0.1) is 23.8 Å². The Labute approximate surface area is 159 Å². The summed E-state index contributed by atoms with van der Waals surface area (Å²) < 4.78 is 0. The minimum absolute atomic E-state index is 0.00621. The fourth-order valence-electron chi connectivity index (χ4n) is 1.91. The molecule has 0 atom stereocenters. The first-order valence-electron chi connectivity index (χ1n) is 8.05. The van der Waals surface area contributed by atoms with Gasteiger partial charge in [-0.2, -0.15) is 10.2 Å². The van der Waals surface area contributed by atoms with Gasteiger partial charge in [0.1, 0.15) is 0 Å². The third-order valence-corrected chi connectivity index (χ3v) is 3.23. The van der Waals surface area contributed by atoms with Crippen molar-refractivity contribution in [1.82, 2.24) is 31.0 Å². The van der Waals surface area contributed by atoms with E-state index in [4.69, 9.17) is 0 Å². The molecular weight excluding hydrogens is 360 g/mol. The molecule has 0 aliphatic rings. The van der Waals surface area contributed by atoms with Gasteiger partial charge in [-0.05, 0) is 36.4 Å². The second kappa shape index (κ2) is 9.38. The average molecular weight is 374 g/mol. The van der Waals surface area contributed by atoms with Gasteiger partial charge in [0.15, 0.2) is 11.4 Å². The van der Waals surface area contributed by atoms with E-state index >= 15 is 0 Å². The van der Waals surface area contributed by atoms with E-state index in [-0.39, 0.29) is 11.4 Å². The lowest BCUT2D eigenvalue weighted by atomic mass is 10.3. The molecule has 3 heterocycles. The Hall–Kier alpha value is -4.34. The minimum atomic E-state index is -0.570. The number of hydrogen-bond acceptors (Lipinski definition) is 8. The zero-order valence-corrected chi connectivity index (χ0v) is 14.4. The van der Waals surface area contributed by atoms with E-state index in [0.717, 1.165) is 0 Å². The summed E-state index contributed by atoms with van der Waals surface area (Å²) in [6.45, 7) is 0. The predicted octanol–water partition coefficient (Wildman–Crippen LogP) is 0.794. The minimum Gasteiger partial charge on any atom is -0.265 e. The number of hydrogen-bond donors (Lipinski definition) is 2. The van der Waals surface area contributed by atoms with E-state index in [1.165, 1.54) is 24.6 Å². The monoisotopic (exact) mass is 374 g/mol. The molecule has 0 aliphatic carbocycles. The van der Waals surface area contributed by atoms with Crippen LogP contribution in [0.2, 0.25) is 0 Å². The summed E-state index contributed by atoms with van der Waals surface area (Å²) in [5, 5.41) is 15.0. The van der Waals surface area contributed by atoms with Crippen LogP contribution in [0.4, 0.5) is 0 Å². The van der Waals surface area contributed by atoms with Crippen LogP contribution in [0.3, 0.4) is 0 Å². The SMILES string of the molecule is O=C(N/N=C\c1ccccn1)c1ccc(C(=O)N/N=C\c2ccccn2)nn1. The van der Waals surface area contributed by atoms with Crippen LogP contribution in [-0.2, 0) is 0 Å². The van der Waals surface area contributed by atoms with Crippen LogP contribution in [0, 0.1) is 0 Å². The summed E-state index contributed by atoms with van der Waals surface area (Å²) in [6, 6.07) is 13.3. The van der Waals surface area contributed by atoms with Gasteiger partial charge in [0.2, 0.25) is 0 Å². The van der Waals surface area contributed by atoms with Crippen LogP contribution in [-0.4, -0.2) is 44.4 Å². The third kappa shape index (κ3) is 5.33. The van der Waals surface area contributed by atoms with Gasteiger partial charge in [0, 0.05) is 12.4 Å². The molecule has 138 valence electrons. The standard InChI is InChI=1S/C18H14N8O2/c27-17(25-21-11-13-5-1-3-9-19-13)15-7-8-16(24-23-15)18(28)26-22-12-14-6-2-4-10-20-14/h1-12H,(H,25,27)(H,26,28)/b21-11-,22-12-. The molecule has 28 heavy (non-hydrogen) atoms. The van der Waals surface area contributed by atoms with E-state index in [1.54, 1.807) is 48.8 Å². The Kier molecular flexibility index (Phi) is 6.18. The van der Waals surface area contributed by atoms with Crippen molar-refractivity contribution in [3.63, 3.8) is 0 Å². The zero-order chi connectivity index (χ0) is 19.6. The molecule has 3 aromatic heterocycles. The number of carbonyl (C=O) groups is 2. The highest BCUT2D eigenvalue weighted by Gasteiger charge is 2.11. The second-order valence-electron chi connectivity index (χ2n) is 5.21. The summed E-state index contributed by atoms with van der Waals surface area (Å²) in [5.41, 5.74) is 5.80. The van der Waals surface area contributed by atoms with E-state index < -0.39 is 11.8 Å². The molecule has 10 heteroatoms. The van der Waals surface area contributed by atoms with Gasteiger partial charge in [-0.1, -0.05) is 12.1 Å². The Balaban J connectivity index is 1.53. The molecule has 0 saturated heterocycles. The van der Waals surface area contributed by atoms with Crippen molar-refractivity contribution in [2.24, 2.45) is 10.2 Å². The maximum atomic E-state index is 12.0. The smallest absolute Gasteiger partial charge is 0.265 e. The maximum absolute atomic E-state index is 12.0. The Morgan fingerprint density at radius 3 is 1.54 bits per heavy atom. The Morgan fingerprint density at radius 1 is 0.714 bits per heavy atom. The molecule has 0 radical (unpaired) electrons. The molecule has 0 fully saturated rings. The highest BCUT2D eigenvalue weighted by Crippen LogP contribution is 1.97. The fourth-order valence-corrected chi connectivity index (χ4v) is 1.91. The number of hydrazone groups is 2. The second-order valence-corrected chi connectivity index (χ2v) is 5.21. The highest BCUT2D eigenvalue weighted by molar-refractivity contribution is 5.95. The van der Waals surface area contributed by atoms with E-state index in [2.05, 4.69) is 41.2 Å². The maximum Gasteiger partial charge on any atom is 0.291 e. The number of nitrogens with zero attached hydrogens (tertiary/aromatic N) is 6. The van der Waals surface area contributed by atoms with Gasteiger partial charge in [-0.15, -0.1) is 10.2 Å². The van der Waals surface area contributed by atoms with E-state index in [1.807, 2.05) is 0 Å². The summed E-state index contributed by atoms with van der Waals surface area (Å²) in [5.74, 6) is -1.14. The van der Waals surface area contributed by atoms with E-state index in [0.29, 0.717) is 11.4 Å². The van der Waals surface area contributed by atoms with Crippen LogP contribution in [0.15, 0.2) is 71.1 Å². The topological polar surface area (TPSA) is 134 Å². The van der Waals surface area contributed by atoms with Crippen molar-refractivity contribution in [2.75, 3.05) is 0 Å². The van der Waals surface area contributed by atoms with Crippen molar-refractivity contribution < 1.29 is 9.59 Å². The largest absolute Gasteiger partial charge is 0.291 e. The number of nitrogens with one attached hydrogen (secondary N) is 2. The number of aromatic nitrogens is 4. The molecule has 0 aromatic carbocycles. The number of pyridine rings is 2. The number of amides is 2. The first-order valence-corrected chi connectivity index (χ1v) is 8.05. The molecule has 0 aliphatic heterocycles. The molecule has 3 aromatic rings. The third-order valence-electron chi connectivity index (χ3n) is 3.23. The number of rotatable bonds is 6. The summed E-state index contributed by atoms with van der Waals surface area (Å²) in [4.78, 5) is 32.0. The van der Waals surface area contributed by atoms with Crippen LogP contribution in [0.25, 0.3) is 0 Å². The first-order chi connectivity index (χ1) is 13.7.